The molecular formula is C17H24N4S2. The van der Waals surface area contributed by atoms with Gasteiger partial charge in [-0.15, -0.1) is 23.1 Å². The molecule has 0 saturated carbocycles. The first kappa shape index (κ1) is 17.8. The summed E-state index contributed by atoms with van der Waals surface area (Å²) in [6.45, 7) is 8.71. The van der Waals surface area contributed by atoms with Gasteiger partial charge in [-0.2, -0.15) is 0 Å². The van der Waals surface area contributed by atoms with Crippen LogP contribution in [-0.2, 0) is 6.54 Å². The van der Waals surface area contributed by atoms with Gasteiger partial charge in [-0.3, -0.25) is 0 Å². The Morgan fingerprint density at radius 1 is 1.30 bits per heavy atom. The van der Waals surface area contributed by atoms with Crippen molar-refractivity contribution in [3.63, 3.8) is 0 Å². The van der Waals surface area contributed by atoms with Gasteiger partial charge in [0.05, 0.1) is 11.6 Å². The Morgan fingerprint density at radius 2 is 2.09 bits per heavy atom. The molecule has 23 heavy (non-hydrogen) atoms. The van der Waals surface area contributed by atoms with Crippen molar-refractivity contribution in [2.24, 2.45) is 4.99 Å². The maximum absolute atomic E-state index is 4.63. The van der Waals surface area contributed by atoms with Crippen molar-refractivity contribution >= 4 is 29.1 Å². The highest BCUT2D eigenvalue weighted by Gasteiger charge is 2.06. The number of aromatic nitrogens is 1. The van der Waals surface area contributed by atoms with Gasteiger partial charge in [0, 0.05) is 34.3 Å². The lowest BCUT2D eigenvalue weighted by Crippen LogP contribution is -2.40. The molecule has 0 bridgehead atoms. The monoisotopic (exact) mass is 348 g/mol. The second kappa shape index (κ2) is 9.57. The lowest BCUT2D eigenvalue weighted by atomic mass is 10.4. The maximum Gasteiger partial charge on any atom is 0.191 e. The molecule has 4 nitrogen and oxygen atoms in total. The van der Waals surface area contributed by atoms with E-state index in [1.54, 1.807) is 11.3 Å². The number of thioether (sulfide) groups is 1. The van der Waals surface area contributed by atoms with Crippen LogP contribution >= 0.6 is 23.1 Å². The van der Waals surface area contributed by atoms with Crippen LogP contribution < -0.4 is 10.6 Å². The van der Waals surface area contributed by atoms with E-state index in [0.717, 1.165) is 24.1 Å². The van der Waals surface area contributed by atoms with Crippen molar-refractivity contribution in [1.29, 1.82) is 0 Å². The zero-order chi connectivity index (χ0) is 16.5. The molecule has 0 fully saturated rings. The van der Waals surface area contributed by atoms with E-state index < -0.39 is 0 Å². The highest BCUT2D eigenvalue weighted by Crippen LogP contribution is 2.21. The molecule has 124 valence electrons. The van der Waals surface area contributed by atoms with Crippen LogP contribution in [0.25, 0.3) is 0 Å². The minimum atomic E-state index is 0.465. The van der Waals surface area contributed by atoms with E-state index in [9.17, 15) is 0 Å². The fourth-order valence-corrected chi connectivity index (χ4v) is 3.66. The molecular weight excluding hydrogens is 324 g/mol. The van der Waals surface area contributed by atoms with E-state index in [0.29, 0.717) is 11.8 Å². The molecule has 1 heterocycles. The first-order valence-corrected chi connectivity index (χ1v) is 9.52. The van der Waals surface area contributed by atoms with Gasteiger partial charge >= 0.3 is 0 Å². The van der Waals surface area contributed by atoms with Crippen molar-refractivity contribution in [3.05, 3.63) is 46.4 Å². The third kappa shape index (κ3) is 6.62. The molecule has 0 radical (unpaired) electrons. The first-order valence-electron chi connectivity index (χ1n) is 7.82. The molecule has 2 N–H and O–H groups in total. The average molecular weight is 349 g/mol. The van der Waals surface area contributed by atoms with E-state index in [4.69, 9.17) is 0 Å². The molecule has 2 aromatic rings. The van der Waals surface area contributed by atoms with Gasteiger partial charge in [0.25, 0.3) is 0 Å². The summed E-state index contributed by atoms with van der Waals surface area (Å²) in [4.78, 5) is 11.4. The Morgan fingerprint density at radius 3 is 2.74 bits per heavy atom. The van der Waals surface area contributed by atoms with Crippen molar-refractivity contribution < 1.29 is 0 Å². The smallest absolute Gasteiger partial charge is 0.191 e. The Balaban J connectivity index is 1.83. The lowest BCUT2D eigenvalue weighted by Gasteiger charge is -2.15. The zero-order valence-electron chi connectivity index (χ0n) is 13.9. The number of nitrogens with zero attached hydrogens (tertiary/aromatic N) is 2. The summed E-state index contributed by atoms with van der Waals surface area (Å²) in [5.74, 6) is 0.860. The summed E-state index contributed by atoms with van der Waals surface area (Å²) in [7, 11) is 0. The number of rotatable bonds is 7. The third-order valence-electron chi connectivity index (χ3n) is 3.04. The van der Waals surface area contributed by atoms with Gasteiger partial charge in [-0.1, -0.05) is 25.1 Å². The molecule has 0 aliphatic rings. The van der Waals surface area contributed by atoms with Gasteiger partial charge in [-0.05, 0) is 26.0 Å². The number of hydrogen-bond donors (Lipinski definition) is 2. The van der Waals surface area contributed by atoms with Crippen LogP contribution in [0, 0.1) is 6.92 Å². The minimum absolute atomic E-state index is 0.465. The van der Waals surface area contributed by atoms with Crippen LogP contribution in [-0.4, -0.2) is 29.3 Å². The average Bonchev–Trinajstić information content (AvgIpc) is 2.96. The standard InChI is InChI=1S/C17H24N4S2/c1-4-18-17(21-12-16-11-19-14(3)23-16)20-10-13(2)22-15-8-6-5-7-9-15/h5-9,11,13H,4,10,12H2,1-3H3,(H2,18,20,21). The molecule has 0 aliphatic carbocycles. The quantitative estimate of drug-likeness (QED) is 0.455. The minimum Gasteiger partial charge on any atom is -0.357 e. The molecule has 2 rings (SSSR count). The molecule has 1 aromatic heterocycles. The van der Waals surface area contributed by atoms with Crippen molar-refractivity contribution in [2.45, 2.75) is 37.5 Å². The largest absolute Gasteiger partial charge is 0.357 e. The topological polar surface area (TPSA) is 49.3 Å². The number of benzene rings is 1. The number of thiazole rings is 1. The Bertz CT molecular complexity index is 610. The summed E-state index contributed by atoms with van der Waals surface area (Å²) >= 11 is 3.56. The fourth-order valence-electron chi connectivity index (χ4n) is 1.99. The molecule has 6 heteroatoms. The van der Waals surface area contributed by atoms with E-state index in [1.165, 1.54) is 9.77 Å². The van der Waals surface area contributed by atoms with Gasteiger partial charge in [-0.25, -0.2) is 9.98 Å². The maximum atomic E-state index is 4.63. The number of guanidine groups is 1. The zero-order valence-corrected chi connectivity index (χ0v) is 15.5. The molecule has 0 amide bonds. The summed E-state index contributed by atoms with van der Waals surface area (Å²) in [6.07, 6.45) is 1.90. The number of nitrogens with one attached hydrogen (secondary N) is 2. The van der Waals surface area contributed by atoms with E-state index in [2.05, 4.69) is 58.7 Å². The lowest BCUT2D eigenvalue weighted by molar-refractivity contribution is 0.795. The van der Waals surface area contributed by atoms with E-state index in [1.807, 2.05) is 30.9 Å². The Hall–Kier alpha value is -1.53. The van der Waals surface area contributed by atoms with Crippen molar-refractivity contribution in [3.8, 4) is 0 Å². The Kier molecular flexibility index (Phi) is 7.42. The highest BCUT2D eigenvalue weighted by atomic mass is 32.2. The van der Waals surface area contributed by atoms with Crippen LogP contribution in [0.5, 0.6) is 0 Å². The Labute approximate surface area is 146 Å². The summed E-state index contributed by atoms with van der Waals surface area (Å²) in [6, 6.07) is 10.5. The van der Waals surface area contributed by atoms with Crippen LogP contribution in [0.3, 0.4) is 0 Å². The molecule has 1 unspecified atom stereocenters. The van der Waals surface area contributed by atoms with Crippen LogP contribution in [0.1, 0.15) is 23.7 Å². The second-order valence-corrected chi connectivity index (χ2v) is 7.99. The summed E-state index contributed by atoms with van der Waals surface area (Å²) < 4.78 is 0. The molecule has 0 spiro atoms. The van der Waals surface area contributed by atoms with Gasteiger partial charge in [0.2, 0.25) is 0 Å². The van der Waals surface area contributed by atoms with Crippen LogP contribution in [0.2, 0.25) is 0 Å². The summed E-state index contributed by atoms with van der Waals surface area (Å²) in [5.41, 5.74) is 0. The van der Waals surface area contributed by atoms with Crippen molar-refractivity contribution in [2.75, 3.05) is 13.1 Å². The van der Waals surface area contributed by atoms with Crippen LogP contribution in [0.4, 0.5) is 0 Å². The van der Waals surface area contributed by atoms with Crippen LogP contribution in [0.15, 0.2) is 46.4 Å². The normalized spacial score (nSPS) is 12.9. The number of aliphatic imine (C=N–C) groups is 1. The van der Waals surface area contributed by atoms with E-state index >= 15 is 0 Å². The molecule has 1 aromatic carbocycles. The summed E-state index contributed by atoms with van der Waals surface area (Å²) in [5, 5.41) is 8.26. The number of hydrogen-bond acceptors (Lipinski definition) is 4. The number of aryl methyl sites for hydroxylation is 1. The van der Waals surface area contributed by atoms with Gasteiger partial charge in [0.15, 0.2) is 5.96 Å². The third-order valence-corrected chi connectivity index (χ3v) is 5.05. The molecule has 0 aliphatic heterocycles. The second-order valence-electron chi connectivity index (χ2n) is 5.16. The predicted molar refractivity (Wildman–Crippen MR) is 101 cm³/mol. The SMILES string of the molecule is CCNC(=NCc1cnc(C)s1)NCC(C)Sc1ccccc1. The predicted octanol–water partition coefficient (Wildman–Crippen LogP) is 3.69. The molecule has 0 saturated heterocycles. The molecule has 1 atom stereocenters. The van der Waals surface area contributed by atoms with Crippen molar-refractivity contribution in [1.82, 2.24) is 15.6 Å². The van der Waals surface area contributed by atoms with Gasteiger partial charge in [0.1, 0.15) is 0 Å². The highest BCUT2D eigenvalue weighted by molar-refractivity contribution is 8.00. The van der Waals surface area contributed by atoms with E-state index in [-0.39, 0.29) is 0 Å². The first-order chi connectivity index (χ1) is 11.2. The fraction of sp³-hybridized carbons (Fsp3) is 0.412. The van der Waals surface area contributed by atoms with Gasteiger partial charge < -0.3 is 10.6 Å².